The van der Waals surface area contributed by atoms with E-state index in [0.717, 1.165) is 23.1 Å². The van der Waals surface area contributed by atoms with Gasteiger partial charge < -0.3 is 26.8 Å². The summed E-state index contributed by atoms with van der Waals surface area (Å²) in [6.07, 6.45) is 1.65. The maximum Gasteiger partial charge on any atom is 0.323 e. The quantitative estimate of drug-likeness (QED) is 0.137. The second kappa shape index (κ2) is 12.5. The third-order valence-corrected chi connectivity index (χ3v) is 9.95. The number of carbonyl (C=O) groups is 3. The molecule has 1 heterocycles. The molecule has 0 bridgehead atoms. The van der Waals surface area contributed by atoms with Crippen LogP contribution in [0.5, 0.6) is 0 Å². The Balaban J connectivity index is 1.69. The Morgan fingerprint density at radius 3 is 2.44 bits per heavy atom. The lowest BCUT2D eigenvalue weighted by Crippen LogP contribution is -2.65. The number of carboxylic acids is 1. The summed E-state index contributed by atoms with van der Waals surface area (Å²) in [7, 11) is -4.59. The Morgan fingerprint density at radius 2 is 1.79 bits per heavy atom. The SMILES string of the molecule is CC1(N(CC(=O)O)C(=O)CNC(=O)[C@@](N)(Cc2cccc(C(=N)N)c2)S(=O)(=O)c2ccc3ccccc3c2)CCCCN1. The highest BCUT2D eigenvalue weighted by atomic mass is 32.2. The third kappa shape index (κ3) is 6.69. The Kier molecular flexibility index (Phi) is 9.18. The van der Waals surface area contributed by atoms with Crippen LogP contribution >= 0.6 is 0 Å². The number of piperidine rings is 1. The second-order valence-corrected chi connectivity index (χ2v) is 13.1. The number of sulfone groups is 1. The monoisotopic (exact) mass is 608 g/mol. The molecule has 43 heavy (non-hydrogen) atoms. The predicted octanol–water partition coefficient (Wildman–Crippen LogP) is 1.31. The Labute approximate surface area is 249 Å². The number of amidine groups is 1. The van der Waals surface area contributed by atoms with Gasteiger partial charge in [0.2, 0.25) is 20.6 Å². The Bertz CT molecular complexity index is 1670. The minimum absolute atomic E-state index is 0.190. The lowest BCUT2D eigenvalue weighted by Gasteiger charge is -2.44. The van der Waals surface area contributed by atoms with Crippen LogP contribution in [0.4, 0.5) is 0 Å². The number of carboxylic acid groups (broad SMARTS) is 1. The molecule has 0 aliphatic carbocycles. The zero-order valence-corrected chi connectivity index (χ0v) is 24.6. The van der Waals surface area contributed by atoms with Gasteiger partial charge in [0.1, 0.15) is 12.4 Å². The van der Waals surface area contributed by atoms with Gasteiger partial charge in [0.05, 0.1) is 17.1 Å². The van der Waals surface area contributed by atoms with Crippen LogP contribution in [-0.2, 0) is 30.6 Å². The topological polar surface area (TPSA) is 209 Å². The molecular formula is C30H36N6O6S. The van der Waals surface area contributed by atoms with Crippen LogP contribution in [-0.4, -0.2) is 72.2 Å². The highest BCUT2D eigenvalue weighted by molar-refractivity contribution is 7.93. The fourth-order valence-electron chi connectivity index (χ4n) is 5.34. The smallest absolute Gasteiger partial charge is 0.323 e. The van der Waals surface area contributed by atoms with Gasteiger partial charge >= 0.3 is 5.97 Å². The molecule has 4 rings (SSSR count). The summed E-state index contributed by atoms with van der Waals surface area (Å²) in [5, 5.41) is 24.2. The summed E-state index contributed by atoms with van der Waals surface area (Å²) >= 11 is 0. The van der Waals surface area contributed by atoms with E-state index < -0.39 is 57.7 Å². The molecule has 1 fully saturated rings. The number of nitrogens with zero attached hydrogens (tertiary/aromatic N) is 1. The maximum absolute atomic E-state index is 14.1. The van der Waals surface area contributed by atoms with Crippen LogP contribution in [0.3, 0.4) is 0 Å². The molecule has 0 radical (unpaired) electrons. The van der Waals surface area contributed by atoms with Gasteiger partial charge in [-0.25, -0.2) is 8.42 Å². The molecule has 8 N–H and O–H groups in total. The summed E-state index contributed by atoms with van der Waals surface area (Å²) in [6, 6.07) is 17.7. The van der Waals surface area contributed by atoms with Gasteiger partial charge in [-0.3, -0.25) is 25.1 Å². The number of benzene rings is 3. The van der Waals surface area contributed by atoms with Crippen molar-refractivity contribution in [2.24, 2.45) is 11.5 Å². The minimum Gasteiger partial charge on any atom is -0.480 e. The van der Waals surface area contributed by atoms with Crippen molar-refractivity contribution in [1.82, 2.24) is 15.5 Å². The van der Waals surface area contributed by atoms with Crippen molar-refractivity contribution < 1.29 is 27.9 Å². The number of hydrogen-bond donors (Lipinski definition) is 6. The van der Waals surface area contributed by atoms with Crippen LogP contribution in [0.25, 0.3) is 10.8 Å². The summed E-state index contributed by atoms with van der Waals surface area (Å²) in [5.41, 5.74) is 11.9. The first-order chi connectivity index (χ1) is 20.3. The fourth-order valence-corrected chi connectivity index (χ4v) is 6.96. The van der Waals surface area contributed by atoms with Crippen molar-refractivity contribution in [2.45, 2.75) is 48.0 Å². The molecule has 2 atom stereocenters. The molecule has 2 amide bonds. The van der Waals surface area contributed by atoms with E-state index in [4.69, 9.17) is 16.9 Å². The van der Waals surface area contributed by atoms with Crippen molar-refractivity contribution >= 4 is 44.2 Å². The summed E-state index contributed by atoms with van der Waals surface area (Å²) in [6.45, 7) is 1.01. The molecule has 12 nitrogen and oxygen atoms in total. The van der Waals surface area contributed by atoms with Crippen molar-refractivity contribution in [2.75, 3.05) is 19.6 Å². The number of rotatable bonds is 11. The first-order valence-corrected chi connectivity index (χ1v) is 15.3. The molecule has 228 valence electrons. The van der Waals surface area contributed by atoms with Gasteiger partial charge in [-0.1, -0.05) is 48.5 Å². The zero-order chi connectivity index (χ0) is 31.4. The number of nitrogens with two attached hydrogens (primary N) is 2. The van der Waals surface area contributed by atoms with Gasteiger partial charge in [-0.2, -0.15) is 0 Å². The normalized spacial score (nSPS) is 18.4. The van der Waals surface area contributed by atoms with Crippen molar-refractivity contribution in [3.8, 4) is 0 Å². The molecule has 1 saturated heterocycles. The highest BCUT2D eigenvalue weighted by Gasteiger charge is 2.49. The fraction of sp³-hybridized carbons (Fsp3) is 0.333. The van der Waals surface area contributed by atoms with Gasteiger partial charge in [0, 0.05) is 12.0 Å². The van der Waals surface area contributed by atoms with Gasteiger partial charge in [-0.05, 0) is 67.3 Å². The third-order valence-electron chi connectivity index (χ3n) is 7.79. The largest absolute Gasteiger partial charge is 0.480 e. The minimum atomic E-state index is -4.59. The molecule has 13 heteroatoms. The molecule has 1 aliphatic heterocycles. The maximum atomic E-state index is 14.1. The van der Waals surface area contributed by atoms with Crippen molar-refractivity contribution in [3.63, 3.8) is 0 Å². The molecule has 3 aromatic carbocycles. The van der Waals surface area contributed by atoms with Crippen LogP contribution in [0.1, 0.15) is 37.3 Å². The van der Waals surface area contributed by atoms with Crippen LogP contribution in [0, 0.1) is 5.41 Å². The van der Waals surface area contributed by atoms with Crippen LogP contribution in [0.2, 0.25) is 0 Å². The van der Waals surface area contributed by atoms with Gasteiger partial charge in [0.25, 0.3) is 5.91 Å². The zero-order valence-electron chi connectivity index (χ0n) is 23.8. The number of fused-ring (bicyclic) bond motifs is 1. The average molecular weight is 609 g/mol. The lowest BCUT2D eigenvalue weighted by atomic mass is 9.97. The van der Waals surface area contributed by atoms with Crippen LogP contribution in [0.15, 0.2) is 71.6 Å². The van der Waals surface area contributed by atoms with Crippen molar-refractivity contribution in [1.29, 1.82) is 5.41 Å². The molecule has 0 saturated carbocycles. The first kappa shape index (κ1) is 31.6. The second-order valence-electron chi connectivity index (χ2n) is 10.9. The van der Waals surface area contributed by atoms with Crippen molar-refractivity contribution in [3.05, 3.63) is 77.9 Å². The number of nitrogens with one attached hydrogen (secondary N) is 3. The summed E-state index contributed by atoms with van der Waals surface area (Å²) in [5.74, 6) is -3.33. The molecule has 1 unspecified atom stereocenters. The summed E-state index contributed by atoms with van der Waals surface area (Å²) < 4.78 is 28.3. The number of aliphatic carboxylic acids is 1. The van der Waals surface area contributed by atoms with E-state index in [1.807, 2.05) is 12.1 Å². The van der Waals surface area contributed by atoms with Crippen LogP contribution < -0.4 is 22.1 Å². The molecular weight excluding hydrogens is 572 g/mol. The van der Waals surface area contributed by atoms with E-state index in [-0.39, 0.29) is 10.7 Å². The van der Waals surface area contributed by atoms with E-state index in [1.54, 1.807) is 43.3 Å². The van der Waals surface area contributed by atoms with Gasteiger partial charge in [0.15, 0.2) is 0 Å². The molecule has 1 aliphatic rings. The predicted molar refractivity (Wildman–Crippen MR) is 162 cm³/mol. The molecule has 0 spiro atoms. The standard InChI is InChI=1S/C30H36N6O6S/c1-29(13-4-5-14-35-29)36(19-26(38)39)25(37)18-34-28(40)30(33,17-20-7-6-10-23(15-20)27(31)32)43(41,42)24-12-11-21-8-2-3-9-22(21)16-24/h2-3,6-12,15-16,35H,4-5,13-14,17-19,33H2,1H3,(H3,31,32)(H,34,40)(H,38,39)/t29?,30-/m1/s1. The molecule has 3 aromatic rings. The van der Waals surface area contributed by atoms with E-state index in [1.165, 1.54) is 18.2 Å². The lowest BCUT2D eigenvalue weighted by molar-refractivity contribution is -0.151. The van der Waals surface area contributed by atoms with E-state index in [0.29, 0.717) is 29.5 Å². The highest BCUT2D eigenvalue weighted by Crippen LogP contribution is 2.29. The van der Waals surface area contributed by atoms with E-state index in [2.05, 4.69) is 10.6 Å². The van der Waals surface area contributed by atoms with E-state index in [9.17, 15) is 27.9 Å². The summed E-state index contributed by atoms with van der Waals surface area (Å²) in [4.78, 5) is 37.1. The first-order valence-electron chi connectivity index (χ1n) is 13.8. The van der Waals surface area contributed by atoms with E-state index >= 15 is 0 Å². The number of amides is 2. The number of nitrogen functional groups attached to an aromatic ring is 1. The van der Waals surface area contributed by atoms with Gasteiger partial charge in [-0.15, -0.1) is 0 Å². The average Bonchev–Trinajstić information content (AvgIpc) is 2.98. The Morgan fingerprint density at radius 1 is 1.07 bits per heavy atom. The number of hydrogen-bond acceptors (Lipinski definition) is 8. The number of carbonyl (C=O) groups excluding carboxylic acids is 2. The Hall–Kier alpha value is -4.33. The molecule has 0 aromatic heterocycles.